The minimum Gasteiger partial charge on any atom is -0.383 e. The lowest BCUT2D eigenvalue weighted by Crippen LogP contribution is -2.48. The summed E-state index contributed by atoms with van der Waals surface area (Å²) in [5.41, 5.74) is -1.85. The maximum Gasteiger partial charge on any atom is 0.329 e. The summed E-state index contributed by atoms with van der Waals surface area (Å²) >= 11 is 2.26. The van der Waals surface area contributed by atoms with Gasteiger partial charge in [0.1, 0.15) is 5.60 Å². The zero-order valence-corrected chi connectivity index (χ0v) is 9.44. The summed E-state index contributed by atoms with van der Waals surface area (Å²) in [6, 6.07) is 0. The van der Waals surface area contributed by atoms with Gasteiger partial charge in [-0.25, -0.2) is 0 Å². The normalized spacial score (nSPS) is 42.0. The van der Waals surface area contributed by atoms with Gasteiger partial charge < -0.3 is 5.11 Å². The van der Waals surface area contributed by atoms with E-state index in [2.05, 4.69) is 15.9 Å². The fourth-order valence-electron chi connectivity index (χ4n) is 1.84. The molecule has 0 radical (unpaired) electrons. The zero-order valence-electron chi connectivity index (χ0n) is 7.86. The molecule has 1 N–H and O–H groups in total. The second-order valence-electron chi connectivity index (χ2n) is 4.23. The van der Waals surface area contributed by atoms with Gasteiger partial charge >= 0.3 is 4.83 Å². The van der Waals surface area contributed by atoms with Crippen molar-refractivity contribution >= 4 is 15.9 Å². The van der Waals surface area contributed by atoms with E-state index in [4.69, 9.17) is 0 Å². The van der Waals surface area contributed by atoms with E-state index in [0.717, 1.165) is 0 Å². The Hall–Kier alpha value is 0.300. The first-order chi connectivity index (χ1) is 5.76. The molecule has 0 aromatic rings. The highest BCUT2D eigenvalue weighted by Gasteiger charge is 2.53. The molecule has 1 nitrogen and oxygen atoms in total. The Kier molecular flexibility index (Phi) is 3.03. The van der Waals surface area contributed by atoms with Gasteiger partial charge in [-0.05, 0) is 47.0 Å². The molecule has 0 aromatic heterocycles. The van der Waals surface area contributed by atoms with Crippen LogP contribution in [0.2, 0.25) is 0 Å². The molecule has 0 saturated heterocycles. The molecule has 3 atom stereocenters. The van der Waals surface area contributed by atoms with Gasteiger partial charge in [0.15, 0.2) is 0 Å². The van der Waals surface area contributed by atoms with Crippen molar-refractivity contribution in [2.75, 3.05) is 0 Å². The highest BCUT2D eigenvalue weighted by Crippen LogP contribution is 2.47. The minimum atomic E-state index is -3.16. The highest BCUT2D eigenvalue weighted by molar-refractivity contribution is 9.10. The van der Waals surface area contributed by atoms with E-state index in [-0.39, 0.29) is 18.8 Å². The van der Waals surface area contributed by atoms with Crippen LogP contribution in [0.4, 0.5) is 8.78 Å². The van der Waals surface area contributed by atoms with Gasteiger partial charge in [-0.2, -0.15) is 8.78 Å². The summed E-state index contributed by atoms with van der Waals surface area (Å²) in [5, 5.41) is 9.70. The summed E-state index contributed by atoms with van der Waals surface area (Å²) in [5.74, 6) is 0.581. The smallest absolute Gasteiger partial charge is 0.329 e. The van der Waals surface area contributed by atoms with Crippen molar-refractivity contribution in [1.82, 2.24) is 0 Å². The Morgan fingerprint density at radius 3 is 2.31 bits per heavy atom. The molecular weight excluding hydrogens is 242 g/mol. The summed E-state index contributed by atoms with van der Waals surface area (Å²) in [6.07, 6.45) is 1.02. The number of halogens is 3. The molecule has 0 bridgehead atoms. The predicted octanol–water partition coefficient (Wildman–Crippen LogP) is 3.16. The molecule has 78 valence electrons. The molecule has 0 spiro atoms. The Balaban J connectivity index is 2.73. The fraction of sp³-hybridized carbons (Fsp3) is 1.00. The van der Waals surface area contributed by atoms with Crippen molar-refractivity contribution in [3.63, 3.8) is 0 Å². The third-order valence-electron chi connectivity index (χ3n) is 3.17. The first-order valence-electron chi connectivity index (χ1n) is 4.55. The number of alkyl halides is 3. The van der Waals surface area contributed by atoms with E-state index in [0.29, 0.717) is 12.3 Å². The third-order valence-corrected chi connectivity index (χ3v) is 3.91. The van der Waals surface area contributed by atoms with Crippen molar-refractivity contribution in [1.29, 1.82) is 0 Å². The molecular formula is C9H15BrF2O. The topological polar surface area (TPSA) is 20.2 Å². The first kappa shape index (κ1) is 11.4. The van der Waals surface area contributed by atoms with E-state index in [1.807, 2.05) is 13.8 Å². The quantitative estimate of drug-likeness (QED) is 0.715. The largest absolute Gasteiger partial charge is 0.383 e. The lowest BCUT2D eigenvalue weighted by atomic mass is 9.73. The summed E-state index contributed by atoms with van der Waals surface area (Å²) < 4.78 is 25.9. The molecule has 3 unspecified atom stereocenters. The molecule has 13 heavy (non-hydrogen) atoms. The van der Waals surface area contributed by atoms with Crippen molar-refractivity contribution < 1.29 is 13.9 Å². The molecule has 0 aliphatic heterocycles. The fourth-order valence-corrected chi connectivity index (χ4v) is 2.20. The second kappa shape index (κ2) is 3.46. The Bertz CT molecular complexity index is 193. The standard InChI is InChI=1S/C9H15BrF2O/c1-6-3-4-8(13,5-7(6)2)9(10,11)12/h6-7,13H,3-5H2,1-2H3. The third kappa shape index (κ3) is 2.21. The van der Waals surface area contributed by atoms with Crippen molar-refractivity contribution in [2.45, 2.75) is 43.5 Å². The molecule has 1 fully saturated rings. The monoisotopic (exact) mass is 256 g/mol. The van der Waals surface area contributed by atoms with E-state index >= 15 is 0 Å². The van der Waals surface area contributed by atoms with Gasteiger partial charge in [0.25, 0.3) is 0 Å². The van der Waals surface area contributed by atoms with Crippen molar-refractivity contribution in [2.24, 2.45) is 11.8 Å². The highest BCUT2D eigenvalue weighted by atomic mass is 79.9. The van der Waals surface area contributed by atoms with Crippen LogP contribution in [0.1, 0.15) is 33.1 Å². The van der Waals surface area contributed by atoms with Crippen molar-refractivity contribution in [3.05, 3.63) is 0 Å². The second-order valence-corrected chi connectivity index (χ2v) is 5.22. The van der Waals surface area contributed by atoms with E-state index in [1.54, 1.807) is 0 Å². The maximum atomic E-state index is 13.0. The molecule has 1 aliphatic carbocycles. The average molecular weight is 257 g/mol. The molecule has 1 saturated carbocycles. The number of hydrogen-bond donors (Lipinski definition) is 1. The summed E-state index contributed by atoms with van der Waals surface area (Å²) in [4.78, 5) is -3.16. The lowest BCUT2D eigenvalue weighted by Gasteiger charge is -2.41. The number of rotatable bonds is 1. The van der Waals surface area contributed by atoms with E-state index < -0.39 is 10.4 Å². The molecule has 4 heteroatoms. The van der Waals surface area contributed by atoms with Gasteiger partial charge in [0.2, 0.25) is 0 Å². The van der Waals surface area contributed by atoms with Crippen LogP contribution in [0.5, 0.6) is 0 Å². The van der Waals surface area contributed by atoms with Gasteiger partial charge in [-0.3, -0.25) is 0 Å². The van der Waals surface area contributed by atoms with Crippen LogP contribution in [0.3, 0.4) is 0 Å². The van der Waals surface area contributed by atoms with Crippen LogP contribution in [0.25, 0.3) is 0 Å². The van der Waals surface area contributed by atoms with Crippen LogP contribution < -0.4 is 0 Å². The first-order valence-corrected chi connectivity index (χ1v) is 5.35. The zero-order chi connectivity index (χ0) is 10.3. The van der Waals surface area contributed by atoms with Crippen LogP contribution >= 0.6 is 15.9 Å². The van der Waals surface area contributed by atoms with Gasteiger partial charge in [0, 0.05) is 0 Å². The Morgan fingerprint density at radius 1 is 1.38 bits per heavy atom. The minimum absolute atomic E-state index is 0.155. The van der Waals surface area contributed by atoms with Gasteiger partial charge in [-0.1, -0.05) is 13.8 Å². The van der Waals surface area contributed by atoms with Crippen LogP contribution in [0.15, 0.2) is 0 Å². The molecule has 1 rings (SSSR count). The summed E-state index contributed by atoms with van der Waals surface area (Å²) in [6.45, 7) is 3.95. The van der Waals surface area contributed by atoms with Crippen LogP contribution in [-0.4, -0.2) is 15.5 Å². The average Bonchev–Trinajstić information content (AvgIpc) is 1.95. The Labute approximate surface area is 85.6 Å². The SMILES string of the molecule is CC1CCC(O)(C(F)(F)Br)CC1C. The molecule has 0 aromatic carbocycles. The predicted molar refractivity (Wildman–Crippen MR) is 51.0 cm³/mol. The summed E-state index contributed by atoms with van der Waals surface area (Å²) in [7, 11) is 0. The van der Waals surface area contributed by atoms with Gasteiger partial charge in [-0.15, -0.1) is 0 Å². The van der Waals surface area contributed by atoms with E-state index in [9.17, 15) is 13.9 Å². The number of hydrogen-bond acceptors (Lipinski definition) is 1. The Morgan fingerprint density at radius 2 is 1.92 bits per heavy atom. The molecule has 0 amide bonds. The van der Waals surface area contributed by atoms with Gasteiger partial charge in [0.05, 0.1) is 0 Å². The van der Waals surface area contributed by atoms with E-state index in [1.165, 1.54) is 0 Å². The van der Waals surface area contributed by atoms with Crippen LogP contribution in [-0.2, 0) is 0 Å². The lowest BCUT2D eigenvalue weighted by molar-refractivity contribution is -0.149. The molecule has 0 heterocycles. The van der Waals surface area contributed by atoms with Crippen LogP contribution in [0, 0.1) is 11.8 Å². The maximum absolute atomic E-state index is 13.0. The molecule has 1 aliphatic rings. The van der Waals surface area contributed by atoms with Crippen molar-refractivity contribution in [3.8, 4) is 0 Å². The number of aliphatic hydroxyl groups is 1.